The van der Waals surface area contributed by atoms with Gasteiger partial charge in [0.2, 0.25) is 5.13 Å². The molecule has 1 aromatic heterocycles. The third-order valence-electron chi connectivity index (χ3n) is 6.57. The molecule has 1 saturated heterocycles. The van der Waals surface area contributed by atoms with E-state index in [1.54, 1.807) is 42.5 Å². The van der Waals surface area contributed by atoms with Crippen molar-refractivity contribution in [3.8, 4) is 17.2 Å². The number of carbonyl (C=O) groups is 2. The van der Waals surface area contributed by atoms with Crippen LogP contribution in [0, 0.1) is 0 Å². The number of amides is 1. The Morgan fingerprint density at radius 3 is 2.35 bits per heavy atom. The molecule has 2 heterocycles. The van der Waals surface area contributed by atoms with Crippen LogP contribution < -0.4 is 19.1 Å². The summed E-state index contributed by atoms with van der Waals surface area (Å²) in [6.45, 7) is 4.52. The van der Waals surface area contributed by atoms with E-state index in [1.165, 1.54) is 35.1 Å². The van der Waals surface area contributed by atoms with Gasteiger partial charge in [-0.15, -0.1) is 10.2 Å². The topological polar surface area (TPSA) is 111 Å². The van der Waals surface area contributed by atoms with Gasteiger partial charge in [-0.05, 0) is 73.5 Å². The summed E-state index contributed by atoms with van der Waals surface area (Å²) in [6.07, 6.45) is 0. The van der Waals surface area contributed by atoms with Crippen LogP contribution in [-0.4, -0.2) is 47.3 Å². The largest absolute Gasteiger partial charge is 0.507 e. The second-order valence-electron chi connectivity index (χ2n) is 9.24. The molecule has 9 nitrogen and oxygen atoms in total. The number of hydrogen-bond acceptors (Lipinski definition) is 10. The molecule has 0 spiro atoms. The summed E-state index contributed by atoms with van der Waals surface area (Å²) in [5.74, 6) is 0.196. The number of hydrogen-bond donors (Lipinski definition) is 1. The van der Waals surface area contributed by atoms with E-state index in [2.05, 4.69) is 10.2 Å². The summed E-state index contributed by atoms with van der Waals surface area (Å²) in [4.78, 5) is 28.5. The Kier molecular flexibility index (Phi) is 9.54. The molecule has 0 radical (unpaired) electrons. The van der Waals surface area contributed by atoms with E-state index < -0.39 is 17.7 Å². The molecule has 1 aliphatic heterocycles. The molecule has 0 bridgehead atoms. The first-order chi connectivity index (χ1) is 20.8. The van der Waals surface area contributed by atoms with Gasteiger partial charge in [-0.3, -0.25) is 14.5 Å². The van der Waals surface area contributed by atoms with Crippen molar-refractivity contribution in [2.75, 3.05) is 25.2 Å². The van der Waals surface area contributed by atoms with Crippen LogP contribution in [0.2, 0.25) is 5.02 Å². The van der Waals surface area contributed by atoms with Crippen molar-refractivity contribution in [3.05, 3.63) is 94.0 Å². The van der Waals surface area contributed by atoms with E-state index in [0.717, 1.165) is 5.56 Å². The molecule has 12 heteroatoms. The average Bonchev–Trinajstić information content (AvgIpc) is 3.59. The SMILES string of the molecule is CCOc1ccc(C2/C(=C(\O)c3ccc(OC)cc3)C(=O)C(=O)N2c2nnc(SCc3ccc(Cl)cc3)s2)cc1OCC. The van der Waals surface area contributed by atoms with Crippen LogP contribution >= 0.6 is 34.7 Å². The highest BCUT2D eigenvalue weighted by Gasteiger charge is 2.48. The molecular formula is C31H28ClN3O6S2. The Bertz CT molecular complexity index is 1660. The Morgan fingerprint density at radius 1 is 0.977 bits per heavy atom. The fraction of sp³-hybridized carbons (Fsp3) is 0.226. The summed E-state index contributed by atoms with van der Waals surface area (Å²) >= 11 is 8.64. The predicted octanol–water partition coefficient (Wildman–Crippen LogP) is 6.92. The minimum absolute atomic E-state index is 0.0765. The maximum atomic E-state index is 13.6. The van der Waals surface area contributed by atoms with Gasteiger partial charge in [-0.2, -0.15) is 0 Å². The maximum absolute atomic E-state index is 13.6. The Morgan fingerprint density at radius 2 is 1.67 bits per heavy atom. The second kappa shape index (κ2) is 13.5. The number of rotatable bonds is 11. The lowest BCUT2D eigenvalue weighted by molar-refractivity contribution is -0.132. The molecule has 222 valence electrons. The minimum atomic E-state index is -1.00. The van der Waals surface area contributed by atoms with Crippen LogP contribution in [0.3, 0.4) is 0 Å². The molecule has 1 amide bonds. The summed E-state index contributed by atoms with van der Waals surface area (Å²) < 4.78 is 17.4. The summed E-state index contributed by atoms with van der Waals surface area (Å²) in [6, 6.07) is 18.3. The number of anilines is 1. The number of ether oxygens (including phenoxy) is 3. The molecule has 1 fully saturated rings. The summed E-state index contributed by atoms with van der Waals surface area (Å²) in [5, 5.41) is 20.9. The van der Waals surface area contributed by atoms with Crippen molar-refractivity contribution < 1.29 is 28.9 Å². The van der Waals surface area contributed by atoms with Gasteiger partial charge < -0.3 is 19.3 Å². The van der Waals surface area contributed by atoms with Crippen LogP contribution in [0.4, 0.5) is 5.13 Å². The van der Waals surface area contributed by atoms with E-state index in [4.69, 9.17) is 25.8 Å². The second-order valence-corrected chi connectivity index (χ2v) is 11.9. The van der Waals surface area contributed by atoms with Crippen LogP contribution in [0.5, 0.6) is 17.2 Å². The van der Waals surface area contributed by atoms with Crippen LogP contribution in [0.15, 0.2) is 76.6 Å². The molecular weight excluding hydrogens is 610 g/mol. The number of ketones is 1. The van der Waals surface area contributed by atoms with Crippen molar-refractivity contribution in [1.82, 2.24) is 10.2 Å². The molecule has 1 aliphatic rings. The Hall–Kier alpha value is -4.06. The Balaban J connectivity index is 1.57. The third kappa shape index (κ3) is 6.48. The Labute approximate surface area is 262 Å². The molecule has 1 unspecified atom stereocenters. The first-order valence-corrected chi connectivity index (χ1v) is 15.6. The number of halogens is 1. The molecule has 1 atom stereocenters. The summed E-state index contributed by atoms with van der Waals surface area (Å²) in [7, 11) is 1.53. The predicted molar refractivity (Wildman–Crippen MR) is 167 cm³/mol. The van der Waals surface area contributed by atoms with Crippen LogP contribution in [0.25, 0.3) is 5.76 Å². The quantitative estimate of drug-likeness (QED) is 0.0616. The highest BCUT2D eigenvalue weighted by atomic mass is 35.5. The standard InChI is InChI=1S/C31H28ClN3O6S2/c1-4-40-23-15-10-20(16-24(23)41-5-2)26-25(27(36)19-8-13-22(39-3)14-9-19)28(37)29(38)35(26)30-33-34-31(43-30)42-17-18-6-11-21(32)12-7-18/h6-16,26,36H,4-5,17H2,1-3H3/b27-25+. The lowest BCUT2D eigenvalue weighted by Gasteiger charge is -2.23. The number of benzene rings is 3. The highest BCUT2D eigenvalue weighted by molar-refractivity contribution is 8.00. The van der Waals surface area contributed by atoms with Crippen molar-refractivity contribution in [3.63, 3.8) is 0 Å². The lowest BCUT2D eigenvalue weighted by atomic mass is 9.95. The van der Waals surface area contributed by atoms with Gasteiger partial charge in [0.15, 0.2) is 15.8 Å². The number of aliphatic hydroxyl groups excluding tert-OH is 1. The summed E-state index contributed by atoms with van der Waals surface area (Å²) in [5.41, 5.74) is 1.86. The van der Waals surface area contributed by atoms with Crippen LogP contribution in [-0.2, 0) is 15.3 Å². The van der Waals surface area contributed by atoms with Crippen molar-refractivity contribution in [2.24, 2.45) is 0 Å². The van der Waals surface area contributed by atoms with Crippen molar-refractivity contribution >= 4 is 57.3 Å². The zero-order valence-corrected chi connectivity index (χ0v) is 26.0. The van der Waals surface area contributed by atoms with E-state index in [1.807, 2.05) is 38.1 Å². The molecule has 0 saturated carbocycles. The number of aliphatic hydroxyl groups is 1. The number of carbonyl (C=O) groups excluding carboxylic acids is 2. The first-order valence-electron chi connectivity index (χ1n) is 13.4. The van der Waals surface area contributed by atoms with E-state index in [-0.39, 0.29) is 16.5 Å². The number of nitrogens with zero attached hydrogens (tertiary/aromatic N) is 3. The van der Waals surface area contributed by atoms with Gasteiger partial charge in [0.25, 0.3) is 5.78 Å². The smallest absolute Gasteiger partial charge is 0.301 e. The molecule has 3 aromatic carbocycles. The zero-order chi connectivity index (χ0) is 30.5. The fourth-order valence-corrected chi connectivity index (χ4v) is 6.52. The van der Waals surface area contributed by atoms with Gasteiger partial charge in [-0.1, -0.05) is 52.9 Å². The van der Waals surface area contributed by atoms with Crippen LogP contribution in [0.1, 0.15) is 36.6 Å². The normalized spacial score (nSPS) is 16.0. The number of thioether (sulfide) groups is 1. The van der Waals surface area contributed by atoms with Gasteiger partial charge in [0, 0.05) is 16.3 Å². The third-order valence-corrected chi connectivity index (χ3v) is 8.95. The van der Waals surface area contributed by atoms with E-state index in [0.29, 0.717) is 56.7 Å². The number of methoxy groups -OCH3 is 1. The van der Waals surface area contributed by atoms with Gasteiger partial charge in [-0.25, -0.2) is 0 Å². The van der Waals surface area contributed by atoms with Crippen molar-refractivity contribution in [1.29, 1.82) is 0 Å². The van der Waals surface area contributed by atoms with Crippen molar-refractivity contribution in [2.45, 2.75) is 30.0 Å². The van der Waals surface area contributed by atoms with E-state index >= 15 is 0 Å². The van der Waals surface area contributed by atoms with Gasteiger partial charge in [0.1, 0.15) is 11.5 Å². The molecule has 5 rings (SSSR count). The number of aromatic nitrogens is 2. The van der Waals surface area contributed by atoms with Gasteiger partial charge >= 0.3 is 5.91 Å². The average molecular weight is 638 g/mol. The first kappa shape index (κ1) is 30.4. The fourth-order valence-electron chi connectivity index (χ4n) is 4.57. The minimum Gasteiger partial charge on any atom is -0.507 e. The monoisotopic (exact) mass is 637 g/mol. The van der Waals surface area contributed by atoms with E-state index in [9.17, 15) is 14.7 Å². The molecule has 43 heavy (non-hydrogen) atoms. The lowest BCUT2D eigenvalue weighted by Crippen LogP contribution is -2.29. The molecule has 1 N–H and O–H groups in total. The zero-order valence-electron chi connectivity index (χ0n) is 23.6. The molecule has 4 aromatic rings. The maximum Gasteiger partial charge on any atom is 0.301 e. The molecule has 0 aliphatic carbocycles. The van der Waals surface area contributed by atoms with Gasteiger partial charge in [0.05, 0.1) is 31.9 Å². The number of Topliss-reactive ketones (excluding diaryl/α,β-unsaturated/α-hetero) is 1. The highest BCUT2D eigenvalue weighted by Crippen LogP contribution is 2.45.